The number of benzene rings is 4. The monoisotopic (exact) mass is 842 g/mol. The van der Waals surface area contributed by atoms with Gasteiger partial charge in [-0.2, -0.15) is 17.2 Å². The molecule has 0 nitrogen and oxygen atoms in total. The van der Waals surface area contributed by atoms with Crippen molar-refractivity contribution in [3.63, 3.8) is 0 Å². The van der Waals surface area contributed by atoms with Gasteiger partial charge in [0, 0.05) is 5.41 Å². The predicted molar refractivity (Wildman–Crippen MR) is 230 cm³/mol. The van der Waals surface area contributed by atoms with Crippen LogP contribution in [0.3, 0.4) is 0 Å². The minimum absolute atomic E-state index is 0. The van der Waals surface area contributed by atoms with Crippen molar-refractivity contribution in [2.24, 2.45) is 11.3 Å². The van der Waals surface area contributed by atoms with Gasteiger partial charge in [0.15, 0.2) is 0 Å². The molecule has 1 unspecified atom stereocenters. The normalized spacial score (nSPS) is 17.0. The van der Waals surface area contributed by atoms with Gasteiger partial charge in [-0.05, 0) is 45.9 Å². The summed E-state index contributed by atoms with van der Waals surface area (Å²) in [7, 11) is 0. The summed E-state index contributed by atoms with van der Waals surface area (Å²) in [4.78, 5) is 0. The molecule has 4 aromatic rings. The summed E-state index contributed by atoms with van der Waals surface area (Å²) in [6.07, 6.45) is 19.0. The second-order valence-electron chi connectivity index (χ2n) is 15.9. The number of allylic oxidation sites excluding steroid dienone is 6. The minimum atomic E-state index is -0.623. The van der Waals surface area contributed by atoms with Crippen LogP contribution in [0.1, 0.15) is 99.9 Å². The Bertz CT molecular complexity index is 1990. The van der Waals surface area contributed by atoms with E-state index in [1.54, 1.807) is 0 Å². The molecule has 270 valence electrons. The third kappa shape index (κ3) is 9.83. The second kappa shape index (κ2) is 17.0. The van der Waals surface area contributed by atoms with Gasteiger partial charge in [-0.25, -0.2) is 12.2 Å². The van der Waals surface area contributed by atoms with Crippen LogP contribution in [0.2, 0.25) is 10.0 Å². The summed E-state index contributed by atoms with van der Waals surface area (Å²) < 4.78 is 4.66. The first-order valence-corrected chi connectivity index (χ1v) is 21.1. The first-order valence-electron chi connectivity index (χ1n) is 17.5. The van der Waals surface area contributed by atoms with Gasteiger partial charge in [-0.1, -0.05) is 96.4 Å². The van der Waals surface area contributed by atoms with Crippen molar-refractivity contribution < 1.29 is 22.3 Å². The van der Waals surface area contributed by atoms with E-state index in [-0.39, 0.29) is 35.6 Å². The van der Waals surface area contributed by atoms with Crippen LogP contribution in [0, 0.1) is 23.5 Å². The Morgan fingerprint density at radius 2 is 1.25 bits per heavy atom. The van der Waals surface area contributed by atoms with Crippen molar-refractivity contribution >= 4 is 67.6 Å². The topological polar surface area (TPSA) is 0 Å². The van der Waals surface area contributed by atoms with Crippen LogP contribution >= 0.6 is 48.0 Å². The molecule has 0 amide bonds. The Morgan fingerprint density at radius 3 is 1.73 bits per heavy atom. The van der Waals surface area contributed by atoms with E-state index in [9.17, 15) is 0 Å². The van der Waals surface area contributed by atoms with Gasteiger partial charge in [0.05, 0.1) is 0 Å². The summed E-state index contributed by atoms with van der Waals surface area (Å²) >= 11 is 11.0. The van der Waals surface area contributed by atoms with Crippen LogP contribution in [-0.4, -0.2) is 7.42 Å². The number of fused-ring (bicyclic) bond motifs is 5. The van der Waals surface area contributed by atoms with Crippen molar-refractivity contribution in [3.05, 3.63) is 163 Å². The summed E-state index contributed by atoms with van der Waals surface area (Å²) in [6.45, 7) is 18.0. The second-order valence-corrected chi connectivity index (χ2v) is 19.0. The zero-order chi connectivity index (χ0) is 35.8. The molecule has 5 heteroatoms. The molecule has 4 aliphatic rings. The molecular weight excluding hydrogens is 798 g/mol. The number of rotatable bonds is 2. The van der Waals surface area contributed by atoms with Crippen LogP contribution in [0.25, 0.3) is 23.3 Å². The summed E-state index contributed by atoms with van der Waals surface area (Å²) in [5.74, 6) is 0.522. The fourth-order valence-electron chi connectivity index (χ4n) is 6.81. The summed E-state index contributed by atoms with van der Waals surface area (Å²) in [6, 6.07) is 25.6. The van der Waals surface area contributed by atoms with Crippen molar-refractivity contribution in [1.82, 2.24) is 0 Å². The fraction of sp³-hybridized carbons (Fsp3) is 0.277. The third-order valence-corrected chi connectivity index (χ3v) is 12.9. The molecule has 8 rings (SSSR count). The molecule has 0 radical (unpaired) electrons. The SMILES string of the molecule is CC1(C)[C-]=Cc2cc3c(cc21)Cc1cc2c(cc1-3)C=CC2(C)C.CC1[C-]=CC(C(C)(C)C)=C1.Cl.Cl.Clc1ccc([CH]=[Zr]=[CH]c2ccc(Cl)cc2)cc1. The first-order chi connectivity index (χ1) is 23.6. The molecule has 0 N–H and O–H groups in total. The third-order valence-electron chi connectivity index (χ3n) is 9.89. The zero-order valence-corrected chi connectivity index (χ0v) is 36.9. The Morgan fingerprint density at radius 1 is 0.731 bits per heavy atom. The van der Waals surface area contributed by atoms with Crippen LogP contribution < -0.4 is 0 Å². The fourth-order valence-corrected chi connectivity index (χ4v) is 9.16. The number of hydrogen-bond acceptors (Lipinski definition) is 0. The first kappa shape index (κ1) is 42.4. The molecule has 0 spiro atoms. The average molecular weight is 846 g/mol. The molecule has 0 saturated carbocycles. The van der Waals surface area contributed by atoms with Crippen LogP contribution in [-0.2, 0) is 39.5 Å². The summed E-state index contributed by atoms with van der Waals surface area (Å²) in [5.41, 5.74) is 15.9. The van der Waals surface area contributed by atoms with E-state index in [4.69, 9.17) is 23.2 Å². The van der Waals surface area contributed by atoms with Gasteiger partial charge >= 0.3 is 123 Å². The van der Waals surface area contributed by atoms with Gasteiger partial charge < -0.3 is 0 Å². The van der Waals surface area contributed by atoms with E-state index in [2.05, 4.69) is 154 Å². The van der Waals surface area contributed by atoms with Gasteiger partial charge in [0.2, 0.25) is 0 Å². The molecule has 52 heavy (non-hydrogen) atoms. The van der Waals surface area contributed by atoms with Crippen molar-refractivity contribution in [3.8, 4) is 11.1 Å². The Kier molecular flexibility index (Phi) is 13.8. The van der Waals surface area contributed by atoms with Crippen LogP contribution in [0.5, 0.6) is 0 Å². The Hall–Kier alpha value is -2.38. The Labute approximate surface area is 345 Å². The van der Waals surface area contributed by atoms with Crippen LogP contribution in [0.4, 0.5) is 0 Å². The van der Waals surface area contributed by atoms with Crippen LogP contribution in [0.15, 0.2) is 96.6 Å². The van der Waals surface area contributed by atoms with E-state index < -0.39 is 22.3 Å². The maximum atomic E-state index is 5.84. The number of hydrogen-bond donors (Lipinski definition) is 0. The van der Waals surface area contributed by atoms with E-state index in [1.807, 2.05) is 24.3 Å². The van der Waals surface area contributed by atoms with Gasteiger partial charge in [-0.3, -0.25) is 12.2 Å². The van der Waals surface area contributed by atoms with Crippen molar-refractivity contribution in [1.29, 1.82) is 0 Å². The molecule has 0 saturated heterocycles. The molecule has 0 aromatic heterocycles. The standard InChI is InChI=1S/C23H21.C10H15.2C7H5Cl.2ClH.Zr/c1-22(2)7-5-14-10-18-16(12-20(14)22)9-17-13-21-15(11-19(17)18)6-8-23(21,3)4;1-8-5-6-9(7-8)10(2,3)4;2*1-6-2-4-7(8)5-3-6;;;/h5-7,10-13H,9H2,1-4H3;6-8H,1-4H3;2*1-5H;2*1H;/q2*-1;;;;;. The van der Waals surface area contributed by atoms with Gasteiger partial charge in [0.1, 0.15) is 0 Å². The van der Waals surface area contributed by atoms with Crippen molar-refractivity contribution in [2.45, 2.75) is 72.6 Å². The molecule has 1 atom stereocenters. The zero-order valence-electron chi connectivity index (χ0n) is 31.3. The molecule has 0 bridgehead atoms. The Balaban J connectivity index is 0.000000185. The predicted octanol–water partition coefficient (Wildman–Crippen LogP) is 13.6. The quantitative estimate of drug-likeness (QED) is 0.155. The van der Waals surface area contributed by atoms with Gasteiger partial charge in [-0.15, -0.1) is 36.4 Å². The molecule has 4 aliphatic carbocycles. The van der Waals surface area contributed by atoms with E-state index in [1.165, 1.54) is 61.2 Å². The molecular formula is C47H48Cl4Zr-2. The molecule has 4 aromatic carbocycles. The maximum absolute atomic E-state index is 5.84. The number of halogens is 4. The van der Waals surface area contributed by atoms with E-state index in [0.29, 0.717) is 11.3 Å². The van der Waals surface area contributed by atoms with E-state index in [0.717, 1.165) is 16.5 Å². The van der Waals surface area contributed by atoms with Gasteiger partial charge in [0.25, 0.3) is 0 Å². The van der Waals surface area contributed by atoms with Crippen molar-refractivity contribution in [2.75, 3.05) is 0 Å². The molecule has 0 fully saturated rings. The summed E-state index contributed by atoms with van der Waals surface area (Å²) in [5, 5.41) is 1.57. The van der Waals surface area contributed by atoms with E-state index >= 15 is 0 Å². The molecule has 0 heterocycles. The average Bonchev–Trinajstić information content (AvgIpc) is 3.81. The molecule has 0 aliphatic heterocycles.